The lowest BCUT2D eigenvalue weighted by atomic mass is 10.0. The maximum absolute atomic E-state index is 13.2. The van der Waals surface area contributed by atoms with Crippen LogP contribution in [0.3, 0.4) is 0 Å². The summed E-state index contributed by atoms with van der Waals surface area (Å²) < 4.78 is 50.4. The molecule has 0 bridgehead atoms. The summed E-state index contributed by atoms with van der Waals surface area (Å²) in [6.45, 7) is 0.969. The van der Waals surface area contributed by atoms with Gasteiger partial charge >= 0.3 is 6.18 Å². The van der Waals surface area contributed by atoms with Crippen LogP contribution in [0.4, 0.5) is 17.6 Å². The van der Waals surface area contributed by atoms with Crippen LogP contribution in [-0.4, -0.2) is 5.78 Å². The number of alkyl halides is 3. The van der Waals surface area contributed by atoms with Crippen molar-refractivity contribution in [3.05, 3.63) is 32.6 Å². The monoisotopic (exact) mass is 332 g/mol. The van der Waals surface area contributed by atoms with Crippen molar-refractivity contribution >= 4 is 28.4 Å². The van der Waals surface area contributed by atoms with Gasteiger partial charge in [-0.15, -0.1) is 0 Å². The number of halogens is 5. The molecule has 0 aromatic heterocycles. The molecule has 0 fully saturated rings. The molecule has 0 N–H and O–H groups in total. The van der Waals surface area contributed by atoms with Crippen molar-refractivity contribution in [1.82, 2.24) is 0 Å². The second-order valence-corrected chi connectivity index (χ2v) is 4.00. The SMILES string of the molecule is CC(=O)c1ccc(I)c(F)c1C(F)(F)F. The molecule has 0 saturated heterocycles. The first kappa shape index (κ1) is 12.4. The van der Waals surface area contributed by atoms with Gasteiger partial charge in [-0.3, -0.25) is 4.79 Å². The predicted octanol–water partition coefficient (Wildman–Crippen LogP) is 3.65. The molecule has 6 heteroatoms. The summed E-state index contributed by atoms with van der Waals surface area (Å²) in [6.07, 6.45) is -4.85. The number of hydrogen-bond acceptors (Lipinski definition) is 1. The molecule has 1 aromatic carbocycles. The average molecular weight is 332 g/mol. The molecule has 1 rings (SSSR count). The van der Waals surface area contributed by atoms with Crippen LogP contribution in [0, 0.1) is 9.39 Å². The Morgan fingerprint density at radius 3 is 2.27 bits per heavy atom. The molecule has 0 aliphatic heterocycles. The summed E-state index contributed by atoms with van der Waals surface area (Å²) in [6, 6.07) is 2.12. The molecule has 0 saturated carbocycles. The van der Waals surface area contributed by atoms with Gasteiger partial charge in [0.05, 0.1) is 0 Å². The third kappa shape index (κ3) is 2.47. The molecule has 0 radical (unpaired) electrons. The third-order valence-corrected chi connectivity index (χ3v) is 2.59. The van der Waals surface area contributed by atoms with Gasteiger partial charge < -0.3 is 0 Å². The molecule has 0 amide bonds. The normalized spacial score (nSPS) is 11.6. The maximum Gasteiger partial charge on any atom is 0.419 e. The van der Waals surface area contributed by atoms with Crippen LogP contribution in [0.25, 0.3) is 0 Å². The summed E-state index contributed by atoms with van der Waals surface area (Å²) >= 11 is 1.44. The summed E-state index contributed by atoms with van der Waals surface area (Å²) in [5.74, 6) is -2.20. The molecule has 0 aliphatic carbocycles. The first-order valence-electron chi connectivity index (χ1n) is 3.81. The molecule has 1 aromatic rings. The number of benzene rings is 1. The molecule has 82 valence electrons. The van der Waals surface area contributed by atoms with E-state index in [0.717, 1.165) is 19.1 Å². The van der Waals surface area contributed by atoms with E-state index in [1.54, 1.807) is 0 Å². The van der Waals surface area contributed by atoms with E-state index in [0.29, 0.717) is 0 Å². The lowest BCUT2D eigenvalue weighted by Gasteiger charge is -2.12. The van der Waals surface area contributed by atoms with Gasteiger partial charge in [-0.25, -0.2) is 4.39 Å². The number of Topliss-reactive ketones (excluding diaryl/α,β-unsaturated/α-hetero) is 1. The summed E-state index contributed by atoms with van der Waals surface area (Å²) in [5, 5.41) is 0. The topological polar surface area (TPSA) is 17.1 Å². The quantitative estimate of drug-likeness (QED) is 0.436. The van der Waals surface area contributed by atoms with Gasteiger partial charge in [-0.1, -0.05) is 0 Å². The van der Waals surface area contributed by atoms with E-state index in [1.165, 1.54) is 22.6 Å². The number of rotatable bonds is 1. The molecule has 0 spiro atoms. The lowest BCUT2D eigenvalue weighted by molar-refractivity contribution is -0.140. The van der Waals surface area contributed by atoms with Gasteiger partial charge in [0.25, 0.3) is 0 Å². The zero-order valence-electron chi connectivity index (χ0n) is 7.45. The first-order valence-corrected chi connectivity index (χ1v) is 4.89. The van der Waals surface area contributed by atoms with E-state index in [-0.39, 0.29) is 3.57 Å². The van der Waals surface area contributed by atoms with Crippen molar-refractivity contribution in [3.8, 4) is 0 Å². The third-order valence-electron chi connectivity index (χ3n) is 1.76. The van der Waals surface area contributed by atoms with Crippen LogP contribution in [0.1, 0.15) is 22.8 Å². The highest BCUT2D eigenvalue weighted by Crippen LogP contribution is 2.35. The van der Waals surface area contributed by atoms with Crippen LogP contribution in [0.2, 0.25) is 0 Å². The highest BCUT2D eigenvalue weighted by atomic mass is 127. The van der Waals surface area contributed by atoms with Gasteiger partial charge in [0, 0.05) is 9.13 Å². The van der Waals surface area contributed by atoms with Crippen molar-refractivity contribution in [2.24, 2.45) is 0 Å². The second kappa shape index (κ2) is 4.07. The molecule has 15 heavy (non-hydrogen) atoms. The lowest BCUT2D eigenvalue weighted by Crippen LogP contribution is -2.15. The van der Waals surface area contributed by atoms with Gasteiger partial charge in [-0.2, -0.15) is 13.2 Å². The van der Waals surface area contributed by atoms with Crippen LogP contribution in [-0.2, 0) is 6.18 Å². The van der Waals surface area contributed by atoms with Gasteiger partial charge in [-0.05, 0) is 41.6 Å². The van der Waals surface area contributed by atoms with Crippen molar-refractivity contribution in [3.63, 3.8) is 0 Å². The molecule has 0 aliphatic rings. The molecule has 1 nitrogen and oxygen atoms in total. The fourth-order valence-corrected chi connectivity index (χ4v) is 1.57. The standard InChI is InChI=1S/C9H5F4IO/c1-4(15)5-2-3-6(14)8(10)7(5)9(11,12)13/h2-3H,1H3. The highest BCUT2D eigenvalue weighted by molar-refractivity contribution is 14.1. The summed E-state index contributed by atoms with van der Waals surface area (Å²) in [7, 11) is 0. The summed E-state index contributed by atoms with van der Waals surface area (Å²) in [4.78, 5) is 10.9. The van der Waals surface area contributed by atoms with Crippen molar-refractivity contribution in [2.75, 3.05) is 0 Å². The molecular weight excluding hydrogens is 327 g/mol. The Hall–Kier alpha value is -0.660. The van der Waals surface area contributed by atoms with Crippen LogP contribution in [0.15, 0.2) is 12.1 Å². The Balaban J connectivity index is 3.57. The Labute approximate surface area is 96.6 Å². The molecule has 0 heterocycles. The summed E-state index contributed by atoms with van der Waals surface area (Å²) in [5.41, 5.74) is -2.12. The van der Waals surface area contributed by atoms with E-state index >= 15 is 0 Å². The Morgan fingerprint density at radius 2 is 1.87 bits per heavy atom. The first-order chi connectivity index (χ1) is 6.75. The fourth-order valence-electron chi connectivity index (χ4n) is 1.12. The van der Waals surface area contributed by atoms with Crippen LogP contribution >= 0.6 is 22.6 Å². The van der Waals surface area contributed by atoms with E-state index < -0.39 is 28.9 Å². The minimum absolute atomic E-state index is 0.162. The Morgan fingerprint density at radius 1 is 1.33 bits per heavy atom. The van der Waals surface area contributed by atoms with Crippen molar-refractivity contribution in [1.29, 1.82) is 0 Å². The van der Waals surface area contributed by atoms with E-state index in [2.05, 4.69) is 0 Å². The van der Waals surface area contributed by atoms with Crippen molar-refractivity contribution in [2.45, 2.75) is 13.1 Å². The minimum atomic E-state index is -4.85. The Bertz CT molecular complexity index is 411. The van der Waals surface area contributed by atoms with Gasteiger partial charge in [0.2, 0.25) is 0 Å². The molecule has 0 atom stereocenters. The smallest absolute Gasteiger partial charge is 0.294 e. The zero-order chi connectivity index (χ0) is 11.8. The fraction of sp³-hybridized carbons (Fsp3) is 0.222. The largest absolute Gasteiger partial charge is 0.419 e. The van der Waals surface area contributed by atoms with Gasteiger partial charge in [0.15, 0.2) is 5.78 Å². The van der Waals surface area contributed by atoms with E-state index in [9.17, 15) is 22.4 Å². The van der Waals surface area contributed by atoms with Gasteiger partial charge in [0.1, 0.15) is 11.4 Å². The van der Waals surface area contributed by atoms with E-state index in [1.807, 2.05) is 0 Å². The second-order valence-electron chi connectivity index (χ2n) is 2.84. The minimum Gasteiger partial charge on any atom is -0.294 e. The number of carbonyl (C=O) groups is 1. The maximum atomic E-state index is 13.2. The zero-order valence-corrected chi connectivity index (χ0v) is 9.61. The highest BCUT2D eigenvalue weighted by Gasteiger charge is 2.38. The number of ketones is 1. The van der Waals surface area contributed by atoms with E-state index in [4.69, 9.17) is 0 Å². The Kier molecular flexibility index (Phi) is 3.37. The molecule has 0 unspecified atom stereocenters. The predicted molar refractivity (Wildman–Crippen MR) is 54.1 cm³/mol. The van der Waals surface area contributed by atoms with Crippen LogP contribution in [0.5, 0.6) is 0 Å². The molecular formula is C9H5F4IO. The number of carbonyl (C=O) groups excluding carboxylic acids is 1. The average Bonchev–Trinajstić information content (AvgIpc) is 2.06. The number of hydrogen-bond donors (Lipinski definition) is 0. The van der Waals surface area contributed by atoms with Crippen LogP contribution < -0.4 is 0 Å². The van der Waals surface area contributed by atoms with Crippen molar-refractivity contribution < 1.29 is 22.4 Å².